The highest BCUT2D eigenvalue weighted by Gasteiger charge is 2.40. The van der Waals surface area contributed by atoms with Gasteiger partial charge in [0, 0.05) is 12.4 Å². The minimum Gasteiger partial charge on any atom is -0.316 e. The third-order valence-electron chi connectivity index (χ3n) is 3.13. The second kappa shape index (κ2) is 4.85. The van der Waals surface area contributed by atoms with E-state index in [0.717, 1.165) is 12.4 Å². The van der Waals surface area contributed by atoms with Gasteiger partial charge in [-0.3, -0.25) is 0 Å². The predicted molar refractivity (Wildman–Crippen MR) is 63.9 cm³/mol. The van der Waals surface area contributed by atoms with E-state index in [1.165, 1.54) is 32.2 Å². The third kappa shape index (κ3) is 4.65. The molecule has 0 atom stereocenters. The van der Waals surface area contributed by atoms with Crippen LogP contribution in [0.25, 0.3) is 0 Å². The average Bonchev–Trinajstić information content (AvgIpc) is 2.79. The molecule has 0 radical (unpaired) electrons. The third-order valence-corrected chi connectivity index (χ3v) is 3.32. The topological polar surface area (TPSA) is 12.0 Å². The molecule has 0 saturated heterocycles. The molecule has 0 bridgehead atoms. The van der Waals surface area contributed by atoms with Crippen molar-refractivity contribution in [3.63, 3.8) is 0 Å². The molecule has 1 N–H and O–H groups in total. The van der Waals surface area contributed by atoms with Crippen molar-refractivity contribution in [3.05, 3.63) is 0 Å². The number of nitrogens with one attached hydrogen (secondary N) is 1. The largest absolute Gasteiger partial charge is 0.316 e. The van der Waals surface area contributed by atoms with E-state index in [2.05, 4.69) is 26.1 Å². The van der Waals surface area contributed by atoms with E-state index >= 15 is 0 Å². The van der Waals surface area contributed by atoms with Crippen LogP contribution < -0.4 is 5.32 Å². The fraction of sp³-hybridized carbons (Fsp3) is 1.00. The predicted octanol–water partition coefficient (Wildman–Crippen LogP) is 3.42. The van der Waals surface area contributed by atoms with Crippen LogP contribution in [0, 0.1) is 10.8 Å². The van der Waals surface area contributed by atoms with Gasteiger partial charge >= 0.3 is 0 Å². The fourth-order valence-corrected chi connectivity index (χ4v) is 2.11. The molecule has 0 amide bonds. The lowest BCUT2D eigenvalue weighted by Crippen LogP contribution is -2.27. The summed E-state index contributed by atoms with van der Waals surface area (Å²) in [5, 5.41) is 3.57. The summed E-state index contributed by atoms with van der Waals surface area (Å²) in [5.74, 6) is 0.820. The first-order valence-corrected chi connectivity index (χ1v) is 6.28. The lowest BCUT2D eigenvalue weighted by Gasteiger charge is -2.20. The van der Waals surface area contributed by atoms with E-state index in [1.807, 2.05) is 0 Å². The van der Waals surface area contributed by atoms with Crippen LogP contribution in [0.4, 0.5) is 0 Å². The second-order valence-electron chi connectivity index (χ2n) is 5.93. The first-order chi connectivity index (χ1) is 6.47. The Labute approximate surface area is 93.6 Å². The van der Waals surface area contributed by atoms with Crippen LogP contribution in [0.15, 0.2) is 0 Å². The monoisotopic (exact) mass is 217 g/mol. The van der Waals surface area contributed by atoms with Crippen LogP contribution in [-0.4, -0.2) is 19.0 Å². The lowest BCUT2D eigenvalue weighted by atomic mass is 9.92. The Morgan fingerprint density at radius 3 is 2.36 bits per heavy atom. The summed E-state index contributed by atoms with van der Waals surface area (Å²) < 4.78 is 0. The highest BCUT2D eigenvalue weighted by Crippen LogP contribution is 2.48. The highest BCUT2D eigenvalue weighted by atomic mass is 35.5. The van der Waals surface area contributed by atoms with Crippen LogP contribution >= 0.6 is 11.6 Å². The summed E-state index contributed by atoms with van der Waals surface area (Å²) >= 11 is 5.78. The molecule has 0 aromatic rings. The van der Waals surface area contributed by atoms with E-state index in [4.69, 9.17) is 11.6 Å². The van der Waals surface area contributed by atoms with Gasteiger partial charge in [0.15, 0.2) is 0 Å². The maximum Gasteiger partial charge on any atom is 0.0229 e. The molecule has 2 heteroatoms. The molecular formula is C12H24ClN. The Bertz CT molecular complexity index is 168. The summed E-state index contributed by atoms with van der Waals surface area (Å²) in [5.41, 5.74) is 1.04. The summed E-state index contributed by atoms with van der Waals surface area (Å²) in [6.07, 6.45) is 5.20. The van der Waals surface area contributed by atoms with E-state index in [1.54, 1.807) is 0 Å². The van der Waals surface area contributed by atoms with Crippen molar-refractivity contribution in [1.29, 1.82) is 0 Å². The van der Waals surface area contributed by atoms with Crippen LogP contribution in [0.3, 0.4) is 0 Å². The van der Waals surface area contributed by atoms with Crippen LogP contribution in [-0.2, 0) is 0 Å². The molecule has 0 spiro atoms. The van der Waals surface area contributed by atoms with Crippen molar-refractivity contribution < 1.29 is 0 Å². The molecule has 0 aliphatic heterocycles. The first kappa shape index (κ1) is 12.3. The molecule has 0 aromatic carbocycles. The van der Waals surface area contributed by atoms with E-state index in [-0.39, 0.29) is 0 Å². The Hall–Kier alpha value is 0.250. The fourth-order valence-electron chi connectivity index (χ4n) is 1.71. The van der Waals surface area contributed by atoms with Crippen LogP contribution in [0.1, 0.15) is 46.5 Å². The lowest BCUT2D eigenvalue weighted by molar-refractivity contribution is 0.351. The molecule has 1 aliphatic carbocycles. The van der Waals surface area contributed by atoms with Gasteiger partial charge in [-0.15, -0.1) is 11.6 Å². The molecule has 1 saturated carbocycles. The van der Waals surface area contributed by atoms with E-state index in [0.29, 0.717) is 10.8 Å². The second-order valence-corrected chi connectivity index (χ2v) is 6.30. The van der Waals surface area contributed by atoms with Crippen LogP contribution in [0.2, 0.25) is 0 Å². The molecule has 84 valence electrons. The van der Waals surface area contributed by atoms with Crippen LogP contribution in [0.5, 0.6) is 0 Å². The number of halogens is 1. The molecule has 1 rings (SSSR count). The number of hydrogen-bond donors (Lipinski definition) is 1. The van der Waals surface area contributed by atoms with Gasteiger partial charge in [-0.2, -0.15) is 0 Å². The minimum absolute atomic E-state index is 0.455. The summed E-state index contributed by atoms with van der Waals surface area (Å²) in [7, 11) is 0. The molecule has 1 aliphatic rings. The van der Waals surface area contributed by atoms with Gasteiger partial charge in [0.2, 0.25) is 0 Å². The highest BCUT2D eigenvalue weighted by molar-refractivity contribution is 6.17. The van der Waals surface area contributed by atoms with Gasteiger partial charge in [0.05, 0.1) is 0 Å². The molecule has 1 fully saturated rings. The Morgan fingerprint density at radius 1 is 1.29 bits per heavy atom. The zero-order chi connectivity index (χ0) is 10.7. The van der Waals surface area contributed by atoms with E-state index < -0.39 is 0 Å². The van der Waals surface area contributed by atoms with E-state index in [9.17, 15) is 0 Å². The molecule has 1 nitrogen and oxygen atoms in total. The Kier molecular flexibility index (Phi) is 4.27. The van der Waals surface area contributed by atoms with Gasteiger partial charge < -0.3 is 5.32 Å². The van der Waals surface area contributed by atoms with Crippen molar-refractivity contribution >= 4 is 11.6 Å². The van der Waals surface area contributed by atoms with Gasteiger partial charge in [-0.25, -0.2) is 0 Å². The zero-order valence-electron chi connectivity index (χ0n) is 9.83. The van der Waals surface area contributed by atoms with Gasteiger partial charge in [0.1, 0.15) is 0 Å². The van der Waals surface area contributed by atoms with Crippen molar-refractivity contribution in [2.75, 3.05) is 19.0 Å². The first-order valence-electron chi connectivity index (χ1n) is 5.74. The molecular weight excluding hydrogens is 194 g/mol. The molecule has 0 unspecified atom stereocenters. The number of alkyl halides is 1. The van der Waals surface area contributed by atoms with Gasteiger partial charge in [0.25, 0.3) is 0 Å². The summed E-state index contributed by atoms with van der Waals surface area (Å²) in [4.78, 5) is 0. The maximum atomic E-state index is 5.78. The average molecular weight is 218 g/mol. The van der Waals surface area contributed by atoms with Gasteiger partial charge in [-0.05, 0) is 43.1 Å². The number of rotatable bonds is 6. The maximum absolute atomic E-state index is 5.78. The zero-order valence-corrected chi connectivity index (χ0v) is 10.6. The minimum atomic E-state index is 0.455. The van der Waals surface area contributed by atoms with Crippen molar-refractivity contribution in [2.45, 2.75) is 46.5 Å². The molecule has 0 aromatic heterocycles. The molecule has 14 heavy (non-hydrogen) atoms. The summed E-state index contributed by atoms with van der Waals surface area (Å²) in [6.45, 7) is 9.20. The smallest absolute Gasteiger partial charge is 0.0229 e. The SMILES string of the molecule is CC(C)(C)CCNCC1(CCCl)CC1. The quantitative estimate of drug-likeness (QED) is 0.531. The van der Waals surface area contributed by atoms with Crippen molar-refractivity contribution in [3.8, 4) is 0 Å². The van der Waals surface area contributed by atoms with Crippen molar-refractivity contribution in [2.24, 2.45) is 10.8 Å². The summed E-state index contributed by atoms with van der Waals surface area (Å²) in [6, 6.07) is 0. The van der Waals surface area contributed by atoms with Gasteiger partial charge in [-0.1, -0.05) is 20.8 Å². The Morgan fingerprint density at radius 2 is 1.93 bits per heavy atom. The Balaban J connectivity index is 2.04. The normalized spacial score (nSPS) is 19.7. The molecule has 0 heterocycles. The number of hydrogen-bond acceptors (Lipinski definition) is 1. The van der Waals surface area contributed by atoms with Crippen molar-refractivity contribution in [1.82, 2.24) is 5.32 Å². The standard InChI is InChI=1S/C12H24ClN/c1-11(2,3)7-9-14-10-12(4-5-12)6-8-13/h14H,4-10H2,1-3H3.